The summed E-state index contributed by atoms with van der Waals surface area (Å²) in [6, 6.07) is 0. The normalized spacial score (nSPS) is 23.6. The van der Waals surface area contributed by atoms with Crippen LogP contribution >= 0.6 is 0 Å². The predicted molar refractivity (Wildman–Crippen MR) is 46.9 cm³/mol. The molecular weight excluding hydrogens is 168 g/mol. The summed E-state index contributed by atoms with van der Waals surface area (Å²) in [4.78, 5) is 11.0. The van der Waals surface area contributed by atoms with Gasteiger partial charge >= 0.3 is 5.97 Å². The molecule has 0 aromatic carbocycles. The zero-order valence-electron chi connectivity index (χ0n) is 7.63. The van der Waals surface area contributed by atoms with Gasteiger partial charge in [0.05, 0.1) is 0 Å². The average Bonchev–Trinajstić information content (AvgIpc) is 2.77. The van der Waals surface area contributed by atoms with Gasteiger partial charge in [0.1, 0.15) is 12.4 Å². The maximum absolute atomic E-state index is 11.0. The molecule has 0 N–H and O–H groups in total. The van der Waals surface area contributed by atoms with Crippen LogP contribution in [0.25, 0.3) is 0 Å². The SMILES string of the molecule is C=C(C)C(=O)OCC1=C2OC2CC1. The van der Waals surface area contributed by atoms with E-state index in [4.69, 9.17) is 9.47 Å². The standard InChI is InChI=1S/C10H12O3/c1-6(2)10(11)12-5-7-3-4-8-9(7)13-8/h8H,1,3-5H2,2H3. The van der Waals surface area contributed by atoms with Crippen LogP contribution in [0.15, 0.2) is 23.5 Å². The quantitative estimate of drug-likeness (QED) is 0.376. The lowest BCUT2D eigenvalue weighted by atomic mass is 10.2. The number of ether oxygens (including phenoxy) is 2. The number of fused-ring (bicyclic) bond motifs is 1. The summed E-state index contributed by atoms with van der Waals surface area (Å²) in [6.45, 7) is 5.52. The number of esters is 1. The van der Waals surface area contributed by atoms with Crippen LogP contribution in [0.2, 0.25) is 0 Å². The molecule has 1 aliphatic carbocycles. The van der Waals surface area contributed by atoms with Crippen molar-refractivity contribution in [3.8, 4) is 0 Å². The molecule has 0 radical (unpaired) electrons. The van der Waals surface area contributed by atoms with Crippen molar-refractivity contribution >= 4 is 5.97 Å². The third-order valence-corrected chi connectivity index (χ3v) is 2.29. The summed E-state index contributed by atoms with van der Waals surface area (Å²) in [7, 11) is 0. The molecule has 70 valence electrons. The van der Waals surface area contributed by atoms with Crippen LogP contribution in [0.3, 0.4) is 0 Å². The van der Waals surface area contributed by atoms with Gasteiger partial charge in [-0.2, -0.15) is 0 Å². The van der Waals surface area contributed by atoms with Crippen LogP contribution in [0, 0.1) is 0 Å². The Morgan fingerprint density at radius 1 is 1.77 bits per heavy atom. The van der Waals surface area contributed by atoms with E-state index in [1.54, 1.807) is 6.92 Å². The van der Waals surface area contributed by atoms with Gasteiger partial charge in [-0.05, 0) is 19.8 Å². The first kappa shape index (κ1) is 8.35. The van der Waals surface area contributed by atoms with E-state index in [1.165, 1.54) is 0 Å². The lowest BCUT2D eigenvalue weighted by Crippen LogP contribution is -2.07. The third-order valence-electron chi connectivity index (χ3n) is 2.29. The molecule has 1 fully saturated rings. The molecule has 13 heavy (non-hydrogen) atoms. The molecule has 3 nitrogen and oxygen atoms in total. The summed E-state index contributed by atoms with van der Waals surface area (Å²) in [5, 5.41) is 0. The summed E-state index contributed by atoms with van der Waals surface area (Å²) >= 11 is 0. The first-order chi connectivity index (χ1) is 6.18. The summed E-state index contributed by atoms with van der Waals surface area (Å²) in [5.74, 6) is 0.728. The molecule has 1 unspecified atom stereocenters. The Bertz CT molecular complexity index is 301. The number of hydrogen-bond donors (Lipinski definition) is 0. The highest BCUT2D eigenvalue weighted by Crippen LogP contribution is 2.42. The van der Waals surface area contributed by atoms with Crippen molar-refractivity contribution in [2.24, 2.45) is 0 Å². The second-order valence-corrected chi connectivity index (χ2v) is 3.47. The monoisotopic (exact) mass is 180 g/mol. The lowest BCUT2D eigenvalue weighted by Gasteiger charge is -2.04. The highest BCUT2D eigenvalue weighted by Gasteiger charge is 2.41. The first-order valence-electron chi connectivity index (χ1n) is 4.39. The van der Waals surface area contributed by atoms with Gasteiger partial charge in [-0.15, -0.1) is 0 Å². The molecule has 0 saturated carbocycles. The third kappa shape index (κ3) is 1.59. The topological polar surface area (TPSA) is 38.8 Å². The van der Waals surface area contributed by atoms with Gasteiger partial charge < -0.3 is 9.47 Å². The second-order valence-electron chi connectivity index (χ2n) is 3.47. The van der Waals surface area contributed by atoms with E-state index in [-0.39, 0.29) is 5.97 Å². The van der Waals surface area contributed by atoms with Crippen molar-refractivity contribution in [3.63, 3.8) is 0 Å². The van der Waals surface area contributed by atoms with Crippen LogP contribution in [0.5, 0.6) is 0 Å². The Kier molecular flexibility index (Phi) is 1.87. The molecule has 0 spiro atoms. The summed E-state index contributed by atoms with van der Waals surface area (Å²) < 4.78 is 10.2. The minimum absolute atomic E-state index is 0.322. The van der Waals surface area contributed by atoms with Crippen LogP contribution in [-0.2, 0) is 14.3 Å². The smallest absolute Gasteiger partial charge is 0.333 e. The van der Waals surface area contributed by atoms with Gasteiger partial charge in [0.2, 0.25) is 0 Å². The fraction of sp³-hybridized carbons (Fsp3) is 0.500. The summed E-state index contributed by atoms with van der Waals surface area (Å²) in [5.41, 5.74) is 1.58. The van der Waals surface area contributed by atoms with Crippen molar-refractivity contribution in [2.75, 3.05) is 6.61 Å². The van der Waals surface area contributed by atoms with Crippen molar-refractivity contribution in [1.29, 1.82) is 0 Å². The van der Waals surface area contributed by atoms with E-state index in [1.807, 2.05) is 0 Å². The largest absolute Gasteiger partial charge is 0.483 e. The van der Waals surface area contributed by atoms with Crippen molar-refractivity contribution in [1.82, 2.24) is 0 Å². The Morgan fingerprint density at radius 2 is 2.54 bits per heavy atom. The van der Waals surface area contributed by atoms with Gasteiger partial charge in [0, 0.05) is 11.1 Å². The number of rotatable bonds is 3. The fourth-order valence-electron chi connectivity index (χ4n) is 1.47. The maximum atomic E-state index is 11.0. The molecule has 3 heteroatoms. The Balaban J connectivity index is 1.83. The van der Waals surface area contributed by atoms with Gasteiger partial charge in [0.25, 0.3) is 0 Å². The van der Waals surface area contributed by atoms with Crippen LogP contribution in [0.1, 0.15) is 19.8 Å². The first-order valence-corrected chi connectivity index (χ1v) is 4.39. The molecule has 1 heterocycles. The Morgan fingerprint density at radius 3 is 3.00 bits per heavy atom. The zero-order valence-corrected chi connectivity index (χ0v) is 7.63. The molecule has 2 aliphatic rings. The minimum Gasteiger partial charge on any atom is -0.483 e. The second kappa shape index (κ2) is 2.91. The Hall–Kier alpha value is -1.25. The van der Waals surface area contributed by atoms with Crippen LogP contribution in [0.4, 0.5) is 0 Å². The number of carbonyl (C=O) groups excluding carboxylic acids is 1. The highest BCUT2D eigenvalue weighted by molar-refractivity contribution is 5.87. The van der Waals surface area contributed by atoms with Crippen molar-refractivity contribution in [2.45, 2.75) is 25.9 Å². The fourth-order valence-corrected chi connectivity index (χ4v) is 1.47. The molecule has 0 bridgehead atoms. The van der Waals surface area contributed by atoms with Crippen LogP contribution < -0.4 is 0 Å². The van der Waals surface area contributed by atoms with Crippen molar-refractivity contribution < 1.29 is 14.3 Å². The van der Waals surface area contributed by atoms with E-state index < -0.39 is 0 Å². The van der Waals surface area contributed by atoms with Crippen molar-refractivity contribution in [3.05, 3.63) is 23.5 Å². The van der Waals surface area contributed by atoms with E-state index in [2.05, 4.69) is 6.58 Å². The van der Waals surface area contributed by atoms with Gasteiger partial charge in [0.15, 0.2) is 6.10 Å². The predicted octanol–water partition coefficient (Wildman–Crippen LogP) is 1.55. The molecular formula is C10H12O3. The molecule has 0 aromatic rings. The molecule has 0 aromatic heterocycles. The molecule has 1 saturated heterocycles. The number of epoxide rings is 1. The van der Waals surface area contributed by atoms with E-state index in [0.29, 0.717) is 18.3 Å². The minimum atomic E-state index is -0.322. The molecule has 1 aliphatic heterocycles. The highest BCUT2D eigenvalue weighted by atomic mass is 16.6. The average molecular weight is 180 g/mol. The summed E-state index contributed by atoms with van der Waals surface area (Å²) in [6.07, 6.45) is 2.40. The molecule has 0 amide bonds. The Labute approximate surface area is 77.0 Å². The number of hydrogen-bond acceptors (Lipinski definition) is 3. The van der Waals surface area contributed by atoms with Gasteiger partial charge in [-0.25, -0.2) is 4.79 Å². The van der Waals surface area contributed by atoms with Gasteiger partial charge in [-0.1, -0.05) is 6.58 Å². The molecule has 2 rings (SSSR count). The van der Waals surface area contributed by atoms with E-state index >= 15 is 0 Å². The zero-order chi connectivity index (χ0) is 9.42. The van der Waals surface area contributed by atoms with E-state index in [9.17, 15) is 4.79 Å². The number of carbonyl (C=O) groups is 1. The van der Waals surface area contributed by atoms with Gasteiger partial charge in [-0.3, -0.25) is 0 Å². The van der Waals surface area contributed by atoms with Crippen LogP contribution in [-0.4, -0.2) is 18.7 Å². The molecule has 1 atom stereocenters. The lowest BCUT2D eigenvalue weighted by molar-refractivity contribution is -0.138. The van der Waals surface area contributed by atoms with E-state index in [0.717, 1.165) is 24.2 Å². The maximum Gasteiger partial charge on any atom is 0.333 e.